The topological polar surface area (TPSA) is 109 Å². The molecule has 1 aromatic heterocycles. The lowest BCUT2D eigenvalue weighted by Crippen LogP contribution is -2.52. The van der Waals surface area contributed by atoms with Gasteiger partial charge in [-0.3, -0.25) is 19.8 Å². The Morgan fingerprint density at radius 3 is 2.74 bits per heavy atom. The minimum atomic E-state index is -0.782. The van der Waals surface area contributed by atoms with Crippen LogP contribution < -0.4 is 5.32 Å². The molecule has 8 nitrogen and oxygen atoms in total. The van der Waals surface area contributed by atoms with Gasteiger partial charge in [-0.1, -0.05) is 12.1 Å². The van der Waals surface area contributed by atoms with Crippen molar-refractivity contribution >= 4 is 28.2 Å². The number of carboxylic acid groups (broad SMARTS) is 1. The van der Waals surface area contributed by atoms with Gasteiger partial charge in [-0.05, 0) is 37.7 Å². The van der Waals surface area contributed by atoms with E-state index in [-0.39, 0.29) is 29.2 Å². The summed E-state index contributed by atoms with van der Waals surface area (Å²) < 4.78 is 0. The molecule has 27 heavy (non-hydrogen) atoms. The summed E-state index contributed by atoms with van der Waals surface area (Å²) in [4.78, 5) is 28.4. The van der Waals surface area contributed by atoms with Crippen LogP contribution in [0.15, 0.2) is 30.5 Å². The first-order valence-corrected chi connectivity index (χ1v) is 9.25. The van der Waals surface area contributed by atoms with Crippen molar-refractivity contribution in [2.75, 3.05) is 18.4 Å². The van der Waals surface area contributed by atoms with E-state index < -0.39 is 5.97 Å². The molecule has 2 fully saturated rings. The van der Waals surface area contributed by atoms with Crippen LogP contribution >= 0.6 is 0 Å². The maximum absolute atomic E-state index is 11.2. The molecule has 0 atom stereocenters. The van der Waals surface area contributed by atoms with Gasteiger partial charge < -0.3 is 10.4 Å². The highest BCUT2D eigenvalue weighted by atomic mass is 16.6. The van der Waals surface area contributed by atoms with Gasteiger partial charge in [-0.2, -0.15) is 0 Å². The van der Waals surface area contributed by atoms with Crippen LogP contribution in [-0.4, -0.2) is 51.1 Å². The molecule has 0 spiro atoms. The zero-order valence-corrected chi connectivity index (χ0v) is 14.9. The number of nitro benzene ring substituents is 1. The molecule has 1 aromatic carbocycles. The van der Waals surface area contributed by atoms with E-state index in [1.807, 2.05) is 6.07 Å². The standard InChI is InChI=1S/C19H22N4O4/c24-18(25)11-22(10-12-4-5-12)14-8-13(9-14)21-19-16-2-1-3-17(23(26)27)15(16)6-7-20-19/h1-3,6-7,12-14H,4-5,8-11H2,(H,20,21)(H,24,25). The summed E-state index contributed by atoms with van der Waals surface area (Å²) >= 11 is 0. The van der Waals surface area contributed by atoms with E-state index in [1.165, 1.54) is 18.9 Å². The number of nitrogens with one attached hydrogen (secondary N) is 1. The van der Waals surface area contributed by atoms with E-state index >= 15 is 0 Å². The fourth-order valence-corrected chi connectivity index (χ4v) is 3.81. The molecule has 4 rings (SSSR count). The minimum Gasteiger partial charge on any atom is -0.480 e. The second-order valence-corrected chi connectivity index (χ2v) is 7.52. The van der Waals surface area contributed by atoms with Gasteiger partial charge in [-0.15, -0.1) is 0 Å². The van der Waals surface area contributed by atoms with Crippen molar-refractivity contribution in [2.45, 2.75) is 37.8 Å². The molecule has 1 heterocycles. The predicted molar refractivity (Wildman–Crippen MR) is 101 cm³/mol. The summed E-state index contributed by atoms with van der Waals surface area (Å²) in [6, 6.07) is 7.12. The number of aliphatic carboxylic acids is 1. The third kappa shape index (κ3) is 3.85. The molecule has 2 saturated carbocycles. The summed E-state index contributed by atoms with van der Waals surface area (Å²) in [5.41, 5.74) is 0.0708. The van der Waals surface area contributed by atoms with Gasteiger partial charge in [-0.25, -0.2) is 4.98 Å². The molecular formula is C19H22N4O4. The van der Waals surface area contributed by atoms with Crippen LogP contribution in [0.2, 0.25) is 0 Å². The highest BCUT2D eigenvalue weighted by Crippen LogP contribution is 2.36. The normalized spacial score (nSPS) is 21.8. The maximum Gasteiger partial charge on any atom is 0.317 e. The fraction of sp³-hybridized carbons (Fsp3) is 0.474. The number of rotatable bonds is 8. The molecule has 2 aromatic rings. The Bertz CT molecular complexity index is 877. The van der Waals surface area contributed by atoms with Gasteiger partial charge in [0, 0.05) is 36.3 Å². The molecule has 0 unspecified atom stereocenters. The average molecular weight is 370 g/mol. The van der Waals surface area contributed by atoms with Crippen molar-refractivity contribution in [2.24, 2.45) is 5.92 Å². The summed E-state index contributed by atoms with van der Waals surface area (Å²) in [5.74, 6) is 0.512. The summed E-state index contributed by atoms with van der Waals surface area (Å²) in [5, 5.41) is 25.1. The number of nitrogens with zero attached hydrogens (tertiary/aromatic N) is 3. The molecule has 8 heteroatoms. The third-order valence-electron chi connectivity index (χ3n) is 5.48. The summed E-state index contributed by atoms with van der Waals surface area (Å²) in [6.07, 6.45) is 5.68. The van der Waals surface area contributed by atoms with E-state index in [2.05, 4.69) is 15.2 Å². The van der Waals surface area contributed by atoms with Crippen molar-refractivity contribution in [3.8, 4) is 0 Å². The zero-order valence-electron chi connectivity index (χ0n) is 14.9. The van der Waals surface area contributed by atoms with Crippen LogP contribution in [0.4, 0.5) is 11.5 Å². The number of carbonyl (C=O) groups is 1. The first-order chi connectivity index (χ1) is 13.0. The highest BCUT2D eigenvalue weighted by molar-refractivity contribution is 5.97. The van der Waals surface area contributed by atoms with Crippen molar-refractivity contribution in [3.05, 3.63) is 40.6 Å². The van der Waals surface area contributed by atoms with Crippen LogP contribution in [0, 0.1) is 16.0 Å². The van der Waals surface area contributed by atoms with Gasteiger partial charge in [0.1, 0.15) is 5.82 Å². The minimum absolute atomic E-state index is 0.0708. The Morgan fingerprint density at radius 2 is 2.07 bits per heavy atom. The van der Waals surface area contributed by atoms with E-state index in [9.17, 15) is 14.9 Å². The second-order valence-electron chi connectivity index (χ2n) is 7.52. The number of pyridine rings is 1. The molecule has 0 amide bonds. The second kappa shape index (κ2) is 7.11. The van der Waals surface area contributed by atoms with Crippen molar-refractivity contribution < 1.29 is 14.8 Å². The highest BCUT2D eigenvalue weighted by Gasteiger charge is 2.37. The monoisotopic (exact) mass is 370 g/mol. The lowest BCUT2D eigenvalue weighted by Gasteiger charge is -2.43. The first kappa shape index (κ1) is 17.7. The number of carboxylic acids is 1. The fourth-order valence-electron chi connectivity index (χ4n) is 3.81. The van der Waals surface area contributed by atoms with Crippen LogP contribution in [0.3, 0.4) is 0 Å². The number of hydrogen-bond acceptors (Lipinski definition) is 6. The number of non-ortho nitro benzene ring substituents is 1. The van der Waals surface area contributed by atoms with Gasteiger partial charge in [0.05, 0.1) is 16.9 Å². The summed E-state index contributed by atoms with van der Waals surface area (Å²) in [7, 11) is 0. The zero-order chi connectivity index (χ0) is 19.0. The van der Waals surface area contributed by atoms with Crippen molar-refractivity contribution in [3.63, 3.8) is 0 Å². The Morgan fingerprint density at radius 1 is 1.30 bits per heavy atom. The van der Waals surface area contributed by atoms with Crippen LogP contribution in [0.5, 0.6) is 0 Å². The van der Waals surface area contributed by atoms with Crippen molar-refractivity contribution in [1.29, 1.82) is 0 Å². The molecular weight excluding hydrogens is 348 g/mol. The Labute approximate surface area is 156 Å². The van der Waals surface area contributed by atoms with E-state index in [4.69, 9.17) is 5.11 Å². The molecule has 0 bridgehead atoms. The summed E-state index contributed by atoms with van der Waals surface area (Å²) in [6.45, 7) is 0.953. The molecule has 2 aliphatic carbocycles. The van der Waals surface area contributed by atoms with Gasteiger partial charge in [0.2, 0.25) is 0 Å². The number of nitro groups is 1. The lowest BCUT2D eigenvalue weighted by molar-refractivity contribution is -0.383. The lowest BCUT2D eigenvalue weighted by atomic mass is 9.85. The maximum atomic E-state index is 11.2. The van der Waals surface area contributed by atoms with E-state index in [0.29, 0.717) is 17.1 Å². The third-order valence-corrected chi connectivity index (χ3v) is 5.48. The number of aromatic nitrogens is 1. The largest absolute Gasteiger partial charge is 0.480 e. The number of anilines is 1. The van der Waals surface area contributed by atoms with Crippen LogP contribution in [-0.2, 0) is 4.79 Å². The molecule has 142 valence electrons. The Kier molecular flexibility index (Phi) is 4.65. The van der Waals surface area contributed by atoms with Crippen molar-refractivity contribution in [1.82, 2.24) is 9.88 Å². The van der Waals surface area contributed by atoms with Crippen LogP contribution in [0.1, 0.15) is 25.7 Å². The average Bonchev–Trinajstić information content (AvgIpc) is 3.40. The molecule has 0 aliphatic heterocycles. The van der Waals surface area contributed by atoms with Gasteiger partial charge in [0.25, 0.3) is 5.69 Å². The Hall–Kier alpha value is -2.74. The van der Waals surface area contributed by atoms with Crippen LogP contribution in [0.25, 0.3) is 10.8 Å². The molecule has 0 radical (unpaired) electrons. The number of hydrogen-bond donors (Lipinski definition) is 2. The first-order valence-electron chi connectivity index (χ1n) is 9.25. The number of benzene rings is 1. The molecule has 2 N–H and O–H groups in total. The van der Waals surface area contributed by atoms with Gasteiger partial charge in [0.15, 0.2) is 0 Å². The van der Waals surface area contributed by atoms with E-state index in [0.717, 1.165) is 24.8 Å². The SMILES string of the molecule is O=C(O)CN(CC1CC1)C1CC(Nc2nccc3c([N+](=O)[O-])cccc23)C1. The quantitative estimate of drug-likeness (QED) is 0.543. The molecule has 2 aliphatic rings. The predicted octanol–water partition coefficient (Wildman–Crippen LogP) is 2.88. The number of fused-ring (bicyclic) bond motifs is 1. The molecule has 0 saturated heterocycles. The Balaban J connectivity index is 1.44. The van der Waals surface area contributed by atoms with E-state index in [1.54, 1.807) is 18.3 Å². The smallest absolute Gasteiger partial charge is 0.317 e. The van der Waals surface area contributed by atoms with Gasteiger partial charge >= 0.3 is 5.97 Å².